The molecule has 2 aromatic heterocycles. The van der Waals surface area contributed by atoms with Crippen molar-refractivity contribution < 1.29 is 4.74 Å². The van der Waals surface area contributed by atoms with Gasteiger partial charge in [-0.3, -0.25) is 4.98 Å². The molecule has 0 aromatic carbocycles. The Hall–Kier alpha value is -1.07. The summed E-state index contributed by atoms with van der Waals surface area (Å²) in [7, 11) is 1.65. The zero-order valence-electron chi connectivity index (χ0n) is 9.66. The summed E-state index contributed by atoms with van der Waals surface area (Å²) in [6, 6.07) is 4.10. The maximum atomic E-state index is 5.26. The van der Waals surface area contributed by atoms with E-state index < -0.39 is 0 Å². The van der Waals surface area contributed by atoms with Gasteiger partial charge in [-0.15, -0.1) is 11.3 Å². The Labute approximate surface area is 113 Å². The second kappa shape index (κ2) is 5.51. The number of anilines is 1. The number of pyridine rings is 1. The summed E-state index contributed by atoms with van der Waals surface area (Å²) in [5.74, 6) is 0.770. The van der Waals surface area contributed by atoms with Gasteiger partial charge in [0.25, 0.3) is 0 Å². The molecule has 17 heavy (non-hydrogen) atoms. The molecule has 0 fully saturated rings. The van der Waals surface area contributed by atoms with E-state index in [-0.39, 0.29) is 0 Å². The fraction of sp³-hybridized carbons (Fsp3) is 0.250. The van der Waals surface area contributed by atoms with E-state index in [9.17, 15) is 0 Å². The Morgan fingerprint density at radius 1 is 1.47 bits per heavy atom. The van der Waals surface area contributed by atoms with E-state index in [2.05, 4.69) is 37.7 Å². The number of rotatable bonds is 4. The van der Waals surface area contributed by atoms with Crippen molar-refractivity contribution in [2.45, 2.75) is 13.5 Å². The molecule has 2 rings (SSSR count). The molecule has 0 aliphatic carbocycles. The monoisotopic (exact) mass is 312 g/mol. The molecule has 1 N–H and O–H groups in total. The van der Waals surface area contributed by atoms with E-state index in [4.69, 9.17) is 4.74 Å². The standard InChI is InChI=1S/C12H13BrN2OS/c1-8-3-11(12(16-2)6-14-8)15-5-10-4-9(13)7-17-10/h3-4,6-7H,5H2,1-2H3,(H,14,15). The van der Waals surface area contributed by atoms with Gasteiger partial charge < -0.3 is 10.1 Å². The van der Waals surface area contributed by atoms with Crippen LogP contribution in [0.5, 0.6) is 5.75 Å². The van der Waals surface area contributed by atoms with Crippen molar-refractivity contribution >= 4 is 33.0 Å². The van der Waals surface area contributed by atoms with Crippen molar-refractivity contribution in [2.24, 2.45) is 0 Å². The molecule has 0 unspecified atom stereocenters. The van der Waals surface area contributed by atoms with Crippen LogP contribution in [0.25, 0.3) is 0 Å². The number of hydrogen-bond donors (Lipinski definition) is 1. The Bertz CT molecular complexity index is 513. The molecule has 2 aromatic rings. The second-order valence-electron chi connectivity index (χ2n) is 3.61. The highest BCUT2D eigenvalue weighted by Crippen LogP contribution is 2.26. The van der Waals surface area contributed by atoms with Crippen LogP contribution in [0.1, 0.15) is 10.6 Å². The number of nitrogens with zero attached hydrogens (tertiary/aromatic N) is 1. The number of thiophene rings is 1. The van der Waals surface area contributed by atoms with Crippen molar-refractivity contribution in [1.82, 2.24) is 4.98 Å². The van der Waals surface area contributed by atoms with E-state index in [1.165, 1.54) is 4.88 Å². The van der Waals surface area contributed by atoms with Gasteiger partial charge in [-0.1, -0.05) is 0 Å². The van der Waals surface area contributed by atoms with E-state index in [0.717, 1.165) is 28.1 Å². The maximum absolute atomic E-state index is 5.26. The molecule has 5 heteroatoms. The van der Waals surface area contributed by atoms with Gasteiger partial charge in [0.2, 0.25) is 0 Å². The maximum Gasteiger partial charge on any atom is 0.160 e. The number of hydrogen-bond acceptors (Lipinski definition) is 4. The van der Waals surface area contributed by atoms with Crippen LogP contribution in [-0.4, -0.2) is 12.1 Å². The molecule has 0 saturated carbocycles. The lowest BCUT2D eigenvalue weighted by Gasteiger charge is -2.10. The predicted octanol–water partition coefficient (Wildman–Crippen LogP) is 3.83. The predicted molar refractivity (Wildman–Crippen MR) is 74.9 cm³/mol. The summed E-state index contributed by atoms with van der Waals surface area (Å²) in [5.41, 5.74) is 1.95. The minimum absolute atomic E-state index is 0.770. The highest BCUT2D eigenvalue weighted by Gasteiger charge is 2.04. The fourth-order valence-electron chi connectivity index (χ4n) is 1.48. The quantitative estimate of drug-likeness (QED) is 0.931. The Morgan fingerprint density at radius 2 is 2.29 bits per heavy atom. The molecular weight excluding hydrogens is 300 g/mol. The number of nitrogens with one attached hydrogen (secondary N) is 1. The van der Waals surface area contributed by atoms with Gasteiger partial charge in [-0.05, 0) is 35.0 Å². The number of aromatic nitrogens is 1. The molecule has 0 bridgehead atoms. The van der Waals surface area contributed by atoms with Gasteiger partial charge in [-0.2, -0.15) is 0 Å². The summed E-state index contributed by atoms with van der Waals surface area (Å²) in [5, 5.41) is 5.43. The summed E-state index contributed by atoms with van der Waals surface area (Å²) in [6.45, 7) is 2.75. The van der Waals surface area contributed by atoms with Gasteiger partial charge in [0.1, 0.15) is 0 Å². The lowest BCUT2D eigenvalue weighted by atomic mass is 10.3. The van der Waals surface area contributed by atoms with Crippen LogP contribution in [0.3, 0.4) is 0 Å². The van der Waals surface area contributed by atoms with E-state index in [0.29, 0.717) is 0 Å². The van der Waals surface area contributed by atoms with Gasteiger partial charge in [0.15, 0.2) is 5.75 Å². The zero-order valence-corrected chi connectivity index (χ0v) is 12.1. The average molecular weight is 313 g/mol. The lowest BCUT2D eigenvalue weighted by Crippen LogP contribution is -2.01. The summed E-state index contributed by atoms with van der Waals surface area (Å²) >= 11 is 5.17. The molecule has 0 atom stereocenters. The topological polar surface area (TPSA) is 34.1 Å². The average Bonchev–Trinajstić information content (AvgIpc) is 2.73. The van der Waals surface area contributed by atoms with Crippen LogP contribution < -0.4 is 10.1 Å². The number of aryl methyl sites for hydroxylation is 1. The minimum atomic E-state index is 0.770. The highest BCUT2D eigenvalue weighted by molar-refractivity contribution is 9.10. The third-order valence-electron chi connectivity index (χ3n) is 2.30. The molecule has 3 nitrogen and oxygen atoms in total. The molecule has 0 aliphatic heterocycles. The van der Waals surface area contributed by atoms with Gasteiger partial charge in [0.05, 0.1) is 19.0 Å². The normalized spacial score (nSPS) is 10.3. The Kier molecular flexibility index (Phi) is 4.02. The summed E-state index contributed by atoms with van der Waals surface area (Å²) < 4.78 is 6.39. The third kappa shape index (κ3) is 3.20. The number of ether oxygens (including phenoxy) is 1. The first-order chi connectivity index (χ1) is 8.19. The van der Waals surface area contributed by atoms with Crippen molar-refractivity contribution in [1.29, 1.82) is 0 Å². The van der Waals surface area contributed by atoms with Crippen molar-refractivity contribution in [3.63, 3.8) is 0 Å². The highest BCUT2D eigenvalue weighted by atomic mass is 79.9. The molecule has 0 saturated heterocycles. The minimum Gasteiger partial charge on any atom is -0.493 e. The largest absolute Gasteiger partial charge is 0.493 e. The second-order valence-corrected chi connectivity index (χ2v) is 5.52. The molecule has 0 aliphatic rings. The van der Waals surface area contributed by atoms with Crippen molar-refractivity contribution in [3.8, 4) is 5.75 Å². The van der Waals surface area contributed by atoms with E-state index in [1.807, 2.05) is 13.0 Å². The first-order valence-corrected chi connectivity index (χ1v) is 6.83. The van der Waals surface area contributed by atoms with Gasteiger partial charge in [0, 0.05) is 27.0 Å². The molecule has 2 heterocycles. The van der Waals surface area contributed by atoms with Crippen LogP contribution in [0.4, 0.5) is 5.69 Å². The first-order valence-electron chi connectivity index (χ1n) is 5.16. The Morgan fingerprint density at radius 3 is 2.94 bits per heavy atom. The van der Waals surface area contributed by atoms with Crippen molar-refractivity contribution in [3.05, 3.63) is 38.8 Å². The number of methoxy groups -OCH3 is 1. The van der Waals surface area contributed by atoms with Crippen molar-refractivity contribution in [2.75, 3.05) is 12.4 Å². The molecule has 0 amide bonds. The van der Waals surface area contributed by atoms with Crippen LogP contribution in [-0.2, 0) is 6.54 Å². The molecule has 0 radical (unpaired) electrons. The number of halogens is 1. The molecule has 0 spiro atoms. The zero-order chi connectivity index (χ0) is 12.3. The SMILES string of the molecule is COc1cnc(C)cc1NCc1cc(Br)cs1. The van der Waals surface area contributed by atoms with Crippen LogP contribution in [0.15, 0.2) is 28.2 Å². The van der Waals surface area contributed by atoms with E-state index in [1.54, 1.807) is 24.6 Å². The van der Waals surface area contributed by atoms with Crippen LogP contribution in [0.2, 0.25) is 0 Å². The summed E-state index contributed by atoms with van der Waals surface area (Å²) in [6.07, 6.45) is 1.74. The molecule has 90 valence electrons. The van der Waals surface area contributed by atoms with Gasteiger partial charge in [-0.25, -0.2) is 0 Å². The van der Waals surface area contributed by atoms with Crippen LogP contribution in [0, 0.1) is 6.92 Å². The first kappa shape index (κ1) is 12.4. The summed E-state index contributed by atoms with van der Waals surface area (Å²) in [4.78, 5) is 5.47. The Balaban J connectivity index is 2.10. The smallest absolute Gasteiger partial charge is 0.160 e. The third-order valence-corrected chi connectivity index (χ3v) is 4.00. The lowest BCUT2D eigenvalue weighted by molar-refractivity contribution is 0.414. The van der Waals surface area contributed by atoms with E-state index >= 15 is 0 Å². The van der Waals surface area contributed by atoms with Gasteiger partial charge >= 0.3 is 0 Å². The fourth-order valence-corrected chi connectivity index (χ4v) is 2.87. The van der Waals surface area contributed by atoms with Crippen LogP contribution >= 0.6 is 27.3 Å². The molecular formula is C12H13BrN2OS.